The molecule has 2 heterocycles. The molecule has 31 heavy (non-hydrogen) atoms. The molecule has 1 saturated carbocycles. The van der Waals surface area contributed by atoms with E-state index in [2.05, 4.69) is 24.3 Å². The van der Waals surface area contributed by atoms with Gasteiger partial charge in [-0.15, -0.1) is 0 Å². The highest BCUT2D eigenvalue weighted by molar-refractivity contribution is 6.18. The van der Waals surface area contributed by atoms with Crippen LogP contribution in [0.25, 0.3) is 22.4 Å². The van der Waals surface area contributed by atoms with Gasteiger partial charge in [0, 0.05) is 16.7 Å². The molecule has 1 aliphatic heterocycles. The Morgan fingerprint density at radius 3 is 2.39 bits per heavy atom. The molecule has 4 N–H and O–H groups in total. The number of nitrogens with one attached hydrogen (secondary N) is 2. The van der Waals surface area contributed by atoms with Gasteiger partial charge in [-0.05, 0) is 43.4 Å². The van der Waals surface area contributed by atoms with Crippen molar-refractivity contribution in [3.8, 4) is 28.3 Å². The predicted octanol–water partition coefficient (Wildman–Crippen LogP) is 4.93. The van der Waals surface area contributed by atoms with E-state index >= 15 is 0 Å². The summed E-state index contributed by atoms with van der Waals surface area (Å²) in [6.45, 7) is 1.76. The monoisotopic (exact) mass is 411 g/mol. The predicted molar refractivity (Wildman–Crippen MR) is 124 cm³/mol. The van der Waals surface area contributed by atoms with Gasteiger partial charge in [-0.1, -0.05) is 54.6 Å². The molecule has 1 fully saturated rings. The average molecular weight is 412 g/mol. The van der Waals surface area contributed by atoms with Crippen molar-refractivity contribution in [2.24, 2.45) is 5.73 Å². The third-order valence-corrected chi connectivity index (χ3v) is 6.22. The molecule has 3 aromatic rings. The number of nitrogens with two attached hydrogens (primary N) is 1. The van der Waals surface area contributed by atoms with E-state index in [0.29, 0.717) is 11.6 Å². The minimum Gasteiger partial charge on any atom is -0.468 e. The summed E-state index contributed by atoms with van der Waals surface area (Å²) in [4.78, 5) is 6.45. The topological polar surface area (TPSA) is 99.1 Å². The maximum atomic E-state index is 8.23. The Bertz CT molecular complexity index is 1170. The number of hydrogen-bond donors (Lipinski definition) is 3. The number of aromatic nitrogens is 1. The summed E-state index contributed by atoms with van der Waals surface area (Å²) >= 11 is 0. The molecule has 6 nitrogen and oxygen atoms in total. The van der Waals surface area contributed by atoms with Gasteiger partial charge in [0.25, 0.3) is 0 Å². The van der Waals surface area contributed by atoms with Crippen molar-refractivity contribution in [1.82, 2.24) is 4.98 Å². The largest absolute Gasteiger partial charge is 0.468 e. The molecular weight excluding hydrogens is 386 g/mol. The lowest BCUT2D eigenvalue weighted by Gasteiger charge is -2.38. The van der Waals surface area contributed by atoms with Gasteiger partial charge in [0.2, 0.25) is 5.88 Å². The highest BCUT2D eigenvalue weighted by Gasteiger charge is 2.34. The molecule has 0 unspecified atom stereocenters. The summed E-state index contributed by atoms with van der Waals surface area (Å²) in [7, 11) is 0. The maximum absolute atomic E-state index is 8.23. The van der Waals surface area contributed by atoms with Gasteiger partial charge < -0.3 is 10.5 Å². The smallest absolute Gasteiger partial charge is 0.239 e. The van der Waals surface area contributed by atoms with Crippen LogP contribution >= 0.6 is 0 Å². The van der Waals surface area contributed by atoms with Gasteiger partial charge in [-0.2, -0.15) is 0 Å². The second-order valence-electron chi connectivity index (χ2n) is 8.32. The number of anilines is 1. The van der Waals surface area contributed by atoms with Crippen LogP contribution in [-0.4, -0.2) is 23.3 Å². The number of ether oxygens (including phenoxy) is 1. The Labute approximate surface area is 181 Å². The Kier molecular flexibility index (Phi) is 4.59. The molecule has 0 atom stereocenters. The van der Waals surface area contributed by atoms with E-state index in [1.165, 1.54) is 6.42 Å². The lowest BCUT2D eigenvalue weighted by molar-refractivity contribution is 0.253. The van der Waals surface area contributed by atoms with Crippen LogP contribution in [0.2, 0.25) is 0 Å². The Morgan fingerprint density at radius 1 is 1.06 bits per heavy atom. The summed E-state index contributed by atoms with van der Waals surface area (Å²) < 4.78 is 5.78. The molecule has 0 amide bonds. The highest BCUT2D eigenvalue weighted by atomic mass is 16.5. The maximum Gasteiger partial charge on any atom is 0.239 e. The van der Waals surface area contributed by atoms with E-state index in [-0.39, 0.29) is 23.8 Å². The molecular formula is C25H25N5O. The number of pyridine rings is 1. The van der Waals surface area contributed by atoms with Crippen LogP contribution < -0.4 is 15.4 Å². The van der Waals surface area contributed by atoms with Crippen molar-refractivity contribution in [2.45, 2.75) is 31.7 Å². The molecule has 1 aliphatic carbocycles. The fourth-order valence-electron chi connectivity index (χ4n) is 4.35. The van der Waals surface area contributed by atoms with Crippen LogP contribution in [0.3, 0.4) is 0 Å². The third kappa shape index (κ3) is 3.29. The van der Waals surface area contributed by atoms with Crippen molar-refractivity contribution < 1.29 is 4.74 Å². The summed E-state index contributed by atoms with van der Waals surface area (Å²) in [6.07, 6.45) is 3.23. The molecule has 0 bridgehead atoms. The first-order chi connectivity index (χ1) is 15.0. The average Bonchev–Trinajstić information content (AvgIpc) is 2.77. The van der Waals surface area contributed by atoms with Gasteiger partial charge in [-0.3, -0.25) is 15.7 Å². The Hall–Kier alpha value is -3.51. The minimum atomic E-state index is -0.199. The lowest BCUT2D eigenvalue weighted by atomic mass is 9.72. The quantitative estimate of drug-likeness (QED) is 0.420. The zero-order valence-corrected chi connectivity index (χ0v) is 17.5. The first kappa shape index (κ1) is 19.5. The van der Waals surface area contributed by atoms with E-state index in [4.69, 9.17) is 26.3 Å². The van der Waals surface area contributed by atoms with Crippen LogP contribution in [0.4, 0.5) is 5.69 Å². The summed E-state index contributed by atoms with van der Waals surface area (Å²) in [6, 6.07) is 20.4. The number of benzene rings is 2. The number of fused-ring (bicyclic) bond motifs is 1. The number of hydrogen-bond acceptors (Lipinski definition) is 5. The van der Waals surface area contributed by atoms with Crippen LogP contribution in [0.15, 0.2) is 60.7 Å². The molecule has 0 saturated heterocycles. The fraction of sp³-hybridized carbons (Fsp3) is 0.240. The summed E-state index contributed by atoms with van der Waals surface area (Å²) in [5.74, 6) is 0.934. The SMILES string of the molecule is CC(=N)N1C(=N)COc2nc(-c3ccc(C4(N)CCC4)cc3)c(-c3ccccc3)cc21. The third-order valence-electron chi connectivity index (χ3n) is 6.22. The molecule has 0 spiro atoms. The van der Waals surface area contributed by atoms with Crippen LogP contribution in [-0.2, 0) is 5.54 Å². The molecule has 6 heteroatoms. The first-order valence-electron chi connectivity index (χ1n) is 10.5. The van der Waals surface area contributed by atoms with Crippen LogP contribution in [0, 0.1) is 10.8 Å². The van der Waals surface area contributed by atoms with Crippen molar-refractivity contribution in [3.63, 3.8) is 0 Å². The van der Waals surface area contributed by atoms with E-state index in [1.54, 1.807) is 11.8 Å². The van der Waals surface area contributed by atoms with E-state index < -0.39 is 0 Å². The van der Waals surface area contributed by atoms with E-state index in [1.807, 2.05) is 36.4 Å². The Balaban J connectivity index is 1.66. The van der Waals surface area contributed by atoms with Crippen molar-refractivity contribution in [2.75, 3.05) is 11.5 Å². The zero-order chi connectivity index (χ0) is 21.6. The molecule has 1 aromatic heterocycles. The van der Waals surface area contributed by atoms with Crippen LogP contribution in [0.1, 0.15) is 31.7 Å². The Morgan fingerprint density at radius 2 is 1.77 bits per heavy atom. The number of rotatable bonds is 3. The summed E-state index contributed by atoms with van der Waals surface area (Å²) in [5.41, 5.74) is 11.8. The zero-order valence-electron chi connectivity index (χ0n) is 17.5. The second kappa shape index (κ2) is 7.32. The lowest BCUT2D eigenvalue weighted by Crippen LogP contribution is -2.43. The fourth-order valence-corrected chi connectivity index (χ4v) is 4.35. The van der Waals surface area contributed by atoms with Gasteiger partial charge in [-0.25, -0.2) is 4.98 Å². The van der Waals surface area contributed by atoms with Crippen molar-refractivity contribution in [3.05, 3.63) is 66.2 Å². The molecule has 156 valence electrons. The standard InChI is InChI=1S/C25H25N5O/c1-16(26)30-21-14-20(17-6-3-2-4-7-17)23(29-24(21)31-15-22(30)27)18-8-10-19(11-9-18)25(28)12-5-13-25/h2-4,6-11,14,26-27H,5,12-13,15,28H2,1H3. The second-order valence-corrected chi connectivity index (χ2v) is 8.32. The molecule has 0 radical (unpaired) electrons. The van der Waals surface area contributed by atoms with E-state index in [0.717, 1.165) is 40.8 Å². The highest BCUT2D eigenvalue weighted by Crippen LogP contribution is 2.42. The normalized spacial score (nSPS) is 16.8. The van der Waals surface area contributed by atoms with Gasteiger partial charge in [0.05, 0.1) is 5.69 Å². The van der Waals surface area contributed by atoms with Crippen molar-refractivity contribution >= 4 is 17.4 Å². The molecule has 2 aromatic carbocycles. The van der Waals surface area contributed by atoms with E-state index in [9.17, 15) is 0 Å². The number of nitrogens with zero attached hydrogens (tertiary/aromatic N) is 2. The van der Waals surface area contributed by atoms with Gasteiger partial charge in [0.1, 0.15) is 24.0 Å². The van der Waals surface area contributed by atoms with Crippen molar-refractivity contribution in [1.29, 1.82) is 10.8 Å². The van der Waals surface area contributed by atoms with Crippen LogP contribution in [0.5, 0.6) is 5.88 Å². The first-order valence-corrected chi connectivity index (χ1v) is 10.5. The minimum absolute atomic E-state index is 0.0922. The summed E-state index contributed by atoms with van der Waals surface area (Å²) in [5, 5.41) is 16.4. The molecule has 2 aliphatic rings. The number of amidine groups is 2. The molecule has 5 rings (SSSR count). The van der Waals surface area contributed by atoms with Gasteiger partial charge in [0.15, 0.2) is 0 Å². The van der Waals surface area contributed by atoms with Gasteiger partial charge >= 0.3 is 0 Å².